The molecule has 0 aromatic rings. The fourth-order valence-corrected chi connectivity index (χ4v) is 3.77. The Hall–Kier alpha value is -0.610. The van der Waals surface area contributed by atoms with Crippen molar-refractivity contribution in [3.05, 3.63) is 0 Å². The van der Waals surface area contributed by atoms with Crippen LogP contribution >= 0.6 is 0 Å². The molecule has 3 atom stereocenters. The molecule has 0 aromatic heterocycles. The summed E-state index contributed by atoms with van der Waals surface area (Å²) >= 11 is 0. The molecule has 0 amide bonds. The van der Waals surface area contributed by atoms with Crippen molar-refractivity contribution < 1.29 is 9.90 Å². The summed E-state index contributed by atoms with van der Waals surface area (Å²) in [5.41, 5.74) is 0. The van der Waals surface area contributed by atoms with E-state index in [2.05, 4.69) is 16.7 Å². The third-order valence-corrected chi connectivity index (χ3v) is 5.00. The van der Waals surface area contributed by atoms with Crippen molar-refractivity contribution >= 4 is 5.97 Å². The van der Waals surface area contributed by atoms with Gasteiger partial charge >= 0.3 is 5.97 Å². The van der Waals surface area contributed by atoms with Gasteiger partial charge in [-0.15, -0.1) is 0 Å². The van der Waals surface area contributed by atoms with E-state index < -0.39 is 5.97 Å². The first-order valence-corrected chi connectivity index (χ1v) is 7.37. The number of nitrogens with zero attached hydrogens (tertiary/aromatic N) is 2. The van der Waals surface area contributed by atoms with E-state index in [-0.39, 0.29) is 5.92 Å². The smallest absolute Gasteiger partial charge is 0.306 e. The lowest BCUT2D eigenvalue weighted by molar-refractivity contribution is -0.144. The second-order valence-corrected chi connectivity index (χ2v) is 6.31. The minimum absolute atomic E-state index is 0.114. The molecule has 102 valence electrons. The molecule has 2 saturated heterocycles. The molecular formula is C14H24N2O2. The summed E-state index contributed by atoms with van der Waals surface area (Å²) in [4.78, 5) is 16.3. The molecule has 0 aromatic carbocycles. The number of aliphatic carboxylic acids is 1. The van der Waals surface area contributed by atoms with Crippen molar-refractivity contribution in [3.63, 3.8) is 0 Å². The lowest BCUT2D eigenvalue weighted by Gasteiger charge is -2.40. The number of hydrogen-bond acceptors (Lipinski definition) is 3. The average molecular weight is 252 g/mol. The molecule has 0 radical (unpaired) electrons. The molecule has 2 aliphatic heterocycles. The number of piperidine rings is 1. The number of carboxylic acids is 1. The van der Waals surface area contributed by atoms with Gasteiger partial charge in [0.2, 0.25) is 0 Å². The molecule has 0 bridgehead atoms. The Morgan fingerprint density at radius 2 is 1.89 bits per heavy atom. The molecule has 1 saturated carbocycles. The Balaban J connectivity index is 1.55. The quantitative estimate of drug-likeness (QED) is 0.825. The Kier molecular flexibility index (Phi) is 3.32. The molecule has 3 rings (SSSR count). The number of hydrogen-bond donors (Lipinski definition) is 1. The SMILES string of the molecule is CC1CC(C(=O)O)CCN1C1CCN(C2CC2)C1. The fraction of sp³-hybridized carbons (Fsp3) is 0.929. The summed E-state index contributed by atoms with van der Waals surface area (Å²) in [5, 5.41) is 9.10. The van der Waals surface area contributed by atoms with E-state index in [9.17, 15) is 4.79 Å². The van der Waals surface area contributed by atoms with Crippen LogP contribution in [0.2, 0.25) is 0 Å². The van der Waals surface area contributed by atoms with Gasteiger partial charge in [0, 0.05) is 31.2 Å². The molecule has 2 heterocycles. The van der Waals surface area contributed by atoms with Crippen LogP contribution in [0.25, 0.3) is 0 Å². The normalized spacial score (nSPS) is 39.1. The zero-order valence-electron chi connectivity index (χ0n) is 11.2. The van der Waals surface area contributed by atoms with Crippen LogP contribution in [-0.2, 0) is 4.79 Å². The van der Waals surface area contributed by atoms with Crippen molar-refractivity contribution in [3.8, 4) is 0 Å². The van der Waals surface area contributed by atoms with Gasteiger partial charge in [-0.05, 0) is 45.6 Å². The van der Waals surface area contributed by atoms with Gasteiger partial charge in [-0.2, -0.15) is 0 Å². The number of carboxylic acid groups (broad SMARTS) is 1. The maximum Gasteiger partial charge on any atom is 0.306 e. The van der Waals surface area contributed by atoms with Gasteiger partial charge in [-0.1, -0.05) is 0 Å². The summed E-state index contributed by atoms with van der Waals surface area (Å²) in [6, 6.07) is 1.99. The van der Waals surface area contributed by atoms with Crippen LogP contribution < -0.4 is 0 Å². The number of carbonyl (C=O) groups is 1. The Bertz CT molecular complexity index is 330. The van der Waals surface area contributed by atoms with Gasteiger partial charge in [-0.25, -0.2) is 0 Å². The van der Waals surface area contributed by atoms with Gasteiger partial charge in [0.25, 0.3) is 0 Å². The van der Waals surface area contributed by atoms with Gasteiger partial charge in [-0.3, -0.25) is 14.6 Å². The molecule has 18 heavy (non-hydrogen) atoms. The molecular weight excluding hydrogens is 228 g/mol. The van der Waals surface area contributed by atoms with Crippen molar-refractivity contribution in [2.45, 2.75) is 57.2 Å². The second kappa shape index (κ2) is 4.82. The molecule has 1 aliphatic carbocycles. The Morgan fingerprint density at radius 1 is 1.11 bits per heavy atom. The van der Waals surface area contributed by atoms with Gasteiger partial charge in [0.05, 0.1) is 5.92 Å². The van der Waals surface area contributed by atoms with Crippen LogP contribution in [0.5, 0.6) is 0 Å². The average Bonchev–Trinajstić information content (AvgIpc) is 3.08. The first-order valence-electron chi connectivity index (χ1n) is 7.37. The zero-order valence-corrected chi connectivity index (χ0v) is 11.2. The highest BCUT2D eigenvalue weighted by atomic mass is 16.4. The van der Waals surface area contributed by atoms with Crippen molar-refractivity contribution in [1.29, 1.82) is 0 Å². The van der Waals surface area contributed by atoms with E-state index in [1.54, 1.807) is 0 Å². The monoisotopic (exact) mass is 252 g/mol. The summed E-state index contributed by atoms with van der Waals surface area (Å²) < 4.78 is 0. The molecule has 3 unspecified atom stereocenters. The predicted octanol–water partition coefficient (Wildman–Crippen LogP) is 1.41. The van der Waals surface area contributed by atoms with E-state index in [0.717, 1.165) is 25.4 Å². The van der Waals surface area contributed by atoms with E-state index in [4.69, 9.17) is 5.11 Å². The van der Waals surface area contributed by atoms with Gasteiger partial charge in [0.15, 0.2) is 0 Å². The third-order valence-electron chi connectivity index (χ3n) is 5.00. The number of likely N-dealkylation sites (tertiary alicyclic amines) is 2. The molecule has 1 N–H and O–H groups in total. The van der Waals surface area contributed by atoms with Crippen LogP contribution in [0.1, 0.15) is 39.0 Å². The standard InChI is InChI=1S/C14H24N2O2/c1-10-8-11(14(17)18)4-7-16(10)13-5-6-15(9-13)12-2-3-12/h10-13H,2-9H2,1H3,(H,17,18). The highest BCUT2D eigenvalue weighted by Crippen LogP contribution is 2.33. The molecule has 3 aliphatic rings. The van der Waals surface area contributed by atoms with Crippen LogP contribution in [0.15, 0.2) is 0 Å². The van der Waals surface area contributed by atoms with Crippen LogP contribution in [0, 0.1) is 5.92 Å². The number of rotatable bonds is 3. The van der Waals surface area contributed by atoms with Crippen LogP contribution in [0.4, 0.5) is 0 Å². The maximum atomic E-state index is 11.1. The highest BCUT2D eigenvalue weighted by molar-refractivity contribution is 5.70. The van der Waals surface area contributed by atoms with Gasteiger partial charge < -0.3 is 5.11 Å². The lowest BCUT2D eigenvalue weighted by atomic mass is 9.90. The summed E-state index contributed by atoms with van der Waals surface area (Å²) in [6.45, 7) is 5.64. The van der Waals surface area contributed by atoms with Crippen molar-refractivity contribution in [1.82, 2.24) is 9.80 Å². The minimum Gasteiger partial charge on any atom is -0.481 e. The Labute approximate surface area is 109 Å². The first-order chi connectivity index (χ1) is 8.65. The van der Waals surface area contributed by atoms with Crippen LogP contribution in [-0.4, -0.2) is 58.6 Å². The predicted molar refractivity (Wildman–Crippen MR) is 69.5 cm³/mol. The van der Waals surface area contributed by atoms with Gasteiger partial charge in [0.1, 0.15) is 0 Å². The van der Waals surface area contributed by atoms with E-state index in [1.165, 1.54) is 32.4 Å². The third kappa shape index (κ3) is 2.41. The summed E-state index contributed by atoms with van der Waals surface area (Å²) in [5.74, 6) is -0.718. The molecule has 4 heteroatoms. The van der Waals surface area contributed by atoms with E-state index >= 15 is 0 Å². The van der Waals surface area contributed by atoms with Crippen LogP contribution in [0.3, 0.4) is 0 Å². The Morgan fingerprint density at radius 3 is 2.50 bits per heavy atom. The van der Waals surface area contributed by atoms with E-state index in [1.807, 2.05) is 0 Å². The fourth-order valence-electron chi connectivity index (χ4n) is 3.77. The topological polar surface area (TPSA) is 43.8 Å². The lowest BCUT2D eigenvalue weighted by Crippen LogP contribution is -2.49. The van der Waals surface area contributed by atoms with Crippen molar-refractivity contribution in [2.24, 2.45) is 5.92 Å². The molecule has 4 nitrogen and oxygen atoms in total. The first kappa shape index (κ1) is 12.4. The molecule has 0 spiro atoms. The summed E-state index contributed by atoms with van der Waals surface area (Å²) in [7, 11) is 0. The molecule has 3 fully saturated rings. The van der Waals surface area contributed by atoms with Crippen molar-refractivity contribution in [2.75, 3.05) is 19.6 Å². The minimum atomic E-state index is -0.604. The maximum absolute atomic E-state index is 11.1. The van der Waals surface area contributed by atoms with E-state index in [0.29, 0.717) is 12.1 Å². The summed E-state index contributed by atoms with van der Waals surface area (Å²) in [6.07, 6.45) is 5.72. The second-order valence-electron chi connectivity index (χ2n) is 6.31. The highest BCUT2D eigenvalue weighted by Gasteiger charge is 2.39. The largest absolute Gasteiger partial charge is 0.481 e. The zero-order chi connectivity index (χ0) is 12.7.